The van der Waals surface area contributed by atoms with Crippen molar-refractivity contribution >= 4 is 7.12 Å². The maximum absolute atomic E-state index is 5.87. The van der Waals surface area contributed by atoms with Crippen molar-refractivity contribution in [2.75, 3.05) is 13.6 Å². The molecule has 1 heterocycles. The highest BCUT2D eigenvalue weighted by Crippen LogP contribution is 2.36. The Labute approximate surface area is 121 Å². The van der Waals surface area contributed by atoms with E-state index in [0.717, 1.165) is 11.3 Å². The maximum Gasteiger partial charge on any atom is 0.485 e. The second kappa shape index (κ2) is 5.76. The van der Waals surface area contributed by atoms with Gasteiger partial charge in [-0.2, -0.15) is 0 Å². The first-order valence-corrected chi connectivity index (χ1v) is 6.90. The van der Waals surface area contributed by atoms with E-state index in [2.05, 4.69) is 0 Å². The van der Waals surface area contributed by atoms with Crippen LogP contribution in [-0.4, -0.2) is 31.9 Å². The molecule has 2 rings (SSSR count). The number of rotatable bonds is 5. The highest BCUT2D eigenvalue weighted by atomic mass is 16.7. The summed E-state index contributed by atoms with van der Waals surface area (Å²) in [5, 5.41) is 0. The zero-order chi connectivity index (χ0) is 14.8. The van der Waals surface area contributed by atoms with E-state index in [1.807, 2.05) is 52.0 Å². The van der Waals surface area contributed by atoms with Crippen molar-refractivity contribution < 1.29 is 18.8 Å². The van der Waals surface area contributed by atoms with Crippen LogP contribution in [0.2, 0.25) is 0 Å². The van der Waals surface area contributed by atoms with Gasteiger partial charge < -0.3 is 18.8 Å². The third-order valence-corrected chi connectivity index (χ3v) is 3.98. The van der Waals surface area contributed by atoms with Gasteiger partial charge in [-0.15, -0.1) is 0 Å². The molecule has 0 aromatic heterocycles. The van der Waals surface area contributed by atoms with E-state index in [4.69, 9.17) is 18.8 Å². The fraction of sp³-hybridized carbons (Fsp3) is 0.600. The molecule has 20 heavy (non-hydrogen) atoms. The molecular weight excluding hydrogens is 255 g/mol. The average Bonchev–Trinajstić information content (AvgIpc) is 2.58. The first-order chi connectivity index (χ1) is 9.34. The van der Waals surface area contributed by atoms with Crippen molar-refractivity contribution in [2.24, 2.45) is 0 Å². The Hall–Kier alpha value is -1.04. The molecule has 0 saturated carbocycles. The van der Waals surface area contributed by atoms with Crippen molar-refractivity contribution in [3.8, 4) is 5.75 Å². The van der Waals surface area contributed by atoms with Crippen LogP contribution in [-0.2, 0) is 20.7 Å². The van der Waals surface area contributed by atoms with Gasteiger partial charge in [-0.25, -0.2) is 0 Å². The van der Waals surface area contributed by atoms with Gasteiger partial charge >= 0.3 is 7.12 Å². The Bertz CT molecular complexity index is 426. The Balaban J connectivity index is 1.79. The van der Waals surface area contributed by atoms with E-state index < -0.39 is 0 Å². The molecule has 0 aliphatic carbocycles. The summed E-state index contributed by atoms with van der Waals surface area (Å²) in [6.45, 7) is 9.12. The molecule has 1 aliphatic heterocycles. The number of methoxy groups -OCH3 is 1. The summed E-state index contributed by atoms with van der Waals surface area (Å²) < 4.78 is 22.5. The molecular formula is C15H23BO4. The monoisotopic (exact) mass is 278 g/mol. The number of ether oxygens (including phenoxy) is 2. The third kappa shape index (κ3) is 3.34. The maximum atomic E-state index is 5.87. The fourth-order valence-electron chi connectivity index (χ4n) is 2.03. The van der Waals surface area contributed by atoms with Crippen LogP contribution in [0.1, 0.15) is 33.3 Å². The Morgan fingerprint density at radius 1 is 1.00 bits per heavy atom. The van der Waals surface area contributed by atoms with E-state index in [1.165, 1.54) is 0 Å². The number of hydrogen-bond donors (Lipinski definition) is 0. The summed E-state index contributed by atoms with van der Waals surface area (Å²) in [6, 6.07) is 7.83. The molecule has 0 radical (unpaired) electrons. The highest BCUT2D eigenvalue weighted by Gasteiger charge is 2.51. The average molecular weight is 278 g/mol. The quantitative estimate of drug-likeness (QED) is 0.776. The van der Waals surface area contributed by atoms with Gasteiger partial charge in [-0.05, 0) is 45.4 Å². The lowest BCUT2D eigenvalue weighted by Gasteiger charge is -2.32. The first kappa shape index (κ1) is 15.4. The molecule has 5 heteroatoms. The molecule has 110 valence electrons. The summed E-state index contributed by atoms with van der Waals surface area (Å²) in [5.74, 6) is 0.847. The highest BCUT2D eigenvalue weighted by molar-refractivity contribution is 6.45. The number of benzene rings is 1. The van der Waals surface area contributed by atoms with Crippen LogP contribution in [0.15, 0.2) is 24.3 Å². The minimum Gasteiger partial charge on any atom is -0.497 e. The molecule has 0 bridgehead atoms. The lowest BCUT2D eigenvalue weighted by atomic mass is 9.90. The summed E-state index contributed by atoms with van der Waals surface area (Å²) in [7, 11) is 1.35. The predicted molar refractivity (Wildman–Crippen MR) is 78.7 cm³/mol. The Morgan fingerprint density at radius 2 is 1.55 bits per heavy atom. The predicted octanol–water partition coefficient (Wildman–Crippen LogP) is 2.84. The van der Waals surface area contributed by atoms with Crippen LogP contribution >= 0.6 is 0 Å². The first-order valence-electron chi connectivity index (χ1n) is 6.90. The molecule has 1 fully saturated rings. The molecule has 0 N–H and O–H groups in total. The van der Waals surface area contributed by atoms with Crippen LogP contribution in [0.5, 0.6) is 5.75 Å². The van der Waals surface area contributed by atoms with Crippen molar-refractivity contribution in [1.29, 1.82) is 0 Å². The summed E-state index contributed by atoms with van der Waals surface area (Å²) in [4.78, 5) is 0. The molecule has 0 spiro atoms. The minimum atomic E-state index is -0.307. The number of hydrogen-bond acceptors (Lipinski definition) is 4. The molecule has 1 aromatic carbocycles. The van der Waals surface area contributed by atoms with E-state index in [1.54, 1.807) is 7.11 Å². The molecule has 0 amide bonds. The van der Waals surface area contributed by atoms with Crippen molar-refractivity contribution in [3.05, 3.63) is 29.8 Å². The second-order valence-electron chi connectivity index (χ2n) is 6.05. The lowest BCUT2D eigenvalue weighted by molar-refractivity contribution is 0.00578. The standard InChI is InChI=1S/C15H23BO4/c1-14(2)15(3,4)20-16(19-14)11-18-10-12-6-8-13(17-5)9-7-12/h6-9H,10-11H2,1-5H3. The molecule has 0 atom stereocenters. The second-order valence-corrected chi connectivity index (χ2v) is 6.05. The van der Waals surface area contributed by atoms with E-state index in [9.17, 15) is 0 Å². The van der Waals surface area contributed by atoms with E-state index in [0.29, 0.717) is 13.1 Å². The van der Waals surface area contributed by atoms with Gasteiger partial charge in [0, 0.05) is 0 Å². The zero-order valence-corrected chi connectivity index (χ0v) is 12.9. The Kier molecular flexibility index (Phi) is 4.42. The summed E-state index contributed by atoms with van der Waals surface area (Å²) >= 11 is 0. The molecule has 1 aromatic rings. The van der Waals surface area contributed by atoms with Gasteiger partial charge in [-0.1, -0.05) is 12.1 Å². The Morgan fingerprint density at radius 3 is 2.05 bits per heavy atom. The SMILES string of the molecule is COc1ccc(COCB2OC(C)(C)C(C)(C)O2)cc1. The van der Waals surface area contributed by atoms with Crippen molar-refractivity contribution in [2.45, 2.75) is 45.5 Å². The minimum absolute atomic E-state index is 0.304. The van der Waals surface area contributed by atoms with Crippen LogP contribution in [0.4, 0.5) is 0 Å². The van der Waals surface area contributed by atoms with Crippen LogP contribution in [0.25, 0.3) is 0 Å². The summed E-state index contributed by atoms with van der Waals surface area (Å²) in [6.07, 6.45) is 0. The van der Waals surface area contributed by atoms with Gasteiger partial charge in [0.1, 0.15) is 5.75 Å². The molecule has 0 unspecified atom stereocenters. The largest absolute Gasteiger partial charge is 0.497 e. The fourth-order valence-corrected chi connectivity index (χ4v) is 2.03. The van der Waals surface area contributed by atoms with Gasteiger partial charge in [0.25, 0.3) is 0 Å². The smallest absolute Gasteiger partial charge is 0.485 e. The van der Waals surface area contributed by atoms with Crippen molar-refractivity contribution in [3.63, 3.8) is 0 Å². The molecule has 1 saturated heterocycles. The van der Waals surface area contributed by atoms with Gasteiger partial charge in [0.05, 0.1) is 31.4 Å². The normalized spacial score (nSPS) is 20.1. The topological polar surface area (TPSA) is 36.9 Å². The van der Waals surface area contributed by atoms with Gasteiger partial charge in [0.2, 0.25) is 0 Å². The van der Waals surface area contributed by atoms with Crippen LogP contribution in [0, 0.1) is 0 Å². The zero-order valence-electron chi connectivity index (χ0n) is 12.9. The third-order valence-electron chi connectivity index (χ3n) is 3.98. The van der Waals surface area contributed by atoms with E-state index >= 15 is 0 Å². The molecule has 4 nitrogen and oxygen atoms in total. The van der Waals surface area contributed by atoms with Crippen LogP contribution < -0.4 is 4.74 Å². The molecule has 1 aliphatic rings. The lowest BCUT2D eigenvalue weighted by Crippen LogP contribution is -2.41. The summed E-state index contributed by atoms with van der Waals surface area (Å²) in [5.41, 5.74) is 0.491. The van der Waals surface area contributed by atoms with Crippen molar-refractivity contribution in [1.82, 2.24) is 0 Å². The van der Waals surface area contributed by atoms with Gasteiger partial charge in [-0.3, -0.25) is 0 Å². The van der Waals surface area contributed by atoms with E-state index in [-0.39, 0.29) is 18.3 Å². The van der Waals surface area contributed by atoms with Crippen LogP contribution in [0.3, 0.4) is 0 Å². The van der Waals surface area contributed by atoms with Gasteiger partial charge in [0.15, 0.2) is 0 Å².